The molecule has 0 heteroatoms. The van der Waals surface area contributed by atoms with Crippen LogP contribution in [0.5, 0.6) is 0 Å². The maximum absolute atomic E-state index is 1.50. The summed E-state index contributed by atoms with van der Waals surface area (Å²) in [7, 11) is 0. The van der Waals surface area contributed by atoms with Crippen LogP contribution in [0.3, 0.4) is 0 Å². The Morgan fingerprint density at radius 3 is 0.0909 bits per heavy atom. The van der Waals surface area contributed by atoms with Gasteiger partial charge in [-0.2, -0.15) is 0 Å². The van der Waals surface area contributed by atoms with Crippen molar-refractivity contribution in [3.8, 4) is 0 Å². The van der Waals surface area contributed by atoms with E-state index in [1.807, 2.05) is 0 Å². The zero-order valence-electron chi connectivity index (χ0n) is 31.1. The minimum absolute atomic E-state index is 1.50. The quantitative estimate of drug-likeness (QED) is 0.254. The van der Waals surface area contributed by atoms with Gasteiger partial charge in [0.05, 0.1) is 0 Å². The molecule has 0 heterocycles. The third kappa shape index (κ3) is 36.5. The summed E-state index contributed by atoms with van der Waals surface area (Å²) in [6.07, 6.45) is 66.0. The summed E-state index contributed by atoms with van der Waals surface area (Å²) in [6, 6.07) is 0. The Labute approximate surface area is 281 Å². The topological polar surface area (TPSA) is 0 Å². The van der Waals surface area contributed by atoms with Gasteiger partial charge < -0.3 is 0 Å². The summed E-state index contributed by atoms with van der Waals surface area (Å²) in [5, 5.41) is 0. The van der Waals surface area contributed by atoms with E-state index in [0.717, 1.165) is 0 Å². The molecule has 0 nitrogen and oxygen atoms in total. The molecule has 0 bridgehead atoms. The van der Waals surface area contributed by atoms with Gasteiger partial charge in [0.1, 0.15) is 0 Å². The highest BCUT2D eigenvalue weighted by atomic mass is 14.1. The first-order valence-corrected chi connectivity index (χ1v) is 22.0. The SMILES string of the molecule is C1CCCCCCCCCCCCCCCCCCCCCCCCCCCCCCCCCCCCCCCCCCC1. The van der Waals surface area contributed by atoms with Gasteiger partial charge in [0.15, 0.2) is 0 Å². The van der Waals surface area contributed by atoms with Crippen molar-refractivity contribution in [3.63, 3.8) is 0 Å². The highest BCUT2D eigenvalue weighted by Crippen LogP contribution is 2.19. The minimum Gasteiger partial charge on any atom is -0.0533 e. The number of rotatable bonds is 0. The fraction of sp³-hybridized carbons (Fsp3) is 1.00. The van der Waals surface area contributed by atoms with Gasteiger partial charge in [-0.3, -0.25) is 0 Å². The van der Waals surface area contributed by atoms with E-state index in [2.05, 4.69) is 0 Å². The molecule has 0 radical (unpaired) electrons. The molecule has 0 spiro atoms. The highest BCUT2D eigenvalue weighted by molar-refractivity contribution is 4.54. The molecule has 44 heavy (non-hydrogen) atoms. The molecule has 1 fully saturated rings. The van der Waals surface area contributed by atoms with E-state index in [4.69, 9.17) is 0 Å². The lowest BCUT2D eigenvalue weighted by molar-refractivity contribution is 0.504. The molecule has 0 atom stereocenters. The van der Waals surface area contributed by atoms with Crippen LogP contribution < -0.4 is 0 Å². The van der Waals surface area contributed by atoms with E-state index in [1.165, 1.54) is 283 Å². The van der Waals surface area contributed by atoms with Gasteiger partial charge in [0, 0.05) is 0 Å². The van der Waals surface area contributed by atoms with Crippen LogP contribution in [0.2, 0.25) is 0 Å². The largest absolute Gasteiger partial charge is 0.0533 e. The smallest absolute Gasteiger partial charge is 0.0533 e. The molecule has 0 amide bonds. The van der Waals surface area contributed by atoms with Gasteiger partial charge in [-0.05, 0) is 0 Å². The van der Waals surface area contributed by atoms with Crippen molar-refractivity contribution < 1.29 is 0 Å². The molecular formula is C44H88. The second kappa shape index (κ2) is 39.2. The molecule has 0 aromatic carbocycles. The maximum atomic E-state index is 1.50. The van der Waals surface area contributed by atoms with E-state index in [9.17, 15) is 0 Å². The Morgan fingerprint density at radius 2 is 0.0682 bits per heavy atom. The van der Waals surface area contributed by atoms with Crippen LogP contribution >= 0.6 is 0 Å². The minimum atomic E-state index is 1.50. The normalized spacial score (nSPS) is 24.0. The predicted octanol–water partition coefficient (Wildman–Crippen LogP) is 17.2. The van der Waals surface area contributed by atoms with Crippen molar-refractivity contribution >= 4 is 0 Å². The average molecular weight is 617 g/mol. The van der Waals surface area contributed by atoms with Crippen LogP contribution in [-0.4, -0.2) is 0 Å². The maximum Gasteiger partial charge on any atom is -0.0533 e. The molecule has 0 unspecified atom stereocenters. The average Bonchev–Trinajstić information content (AvgIpc) is 3.03. The Hall–Kier alpha value is 0. The van der Waals surface area contributed by atoms with Gasteiger partial charge >= 0.3 is 0 Å². The van der Waals surface area contributed by atoms with Gasteiger partial charge in [-0.15, -0.1) is 0 Å². The molecule has 0 aromatic heterocycles. The standard InChI is InChI=1S/C44H88/c1-2-4-6-8-10-12-14-16-18-20-22-24-26-28-30-32-34-36-38-40-42-44-43-41-39-37-35-33-31-29-27-25-23-21-19-17-15-13-11-9-7-5-3-1/h1-44H2. The molecule has 0 aromatic rings. The monoisotopic (exact) mass is 617 g/mol. The van der Waals surface area contributed by atoms with E-state index < -0.39 is 0 Å². The molecule has 0 N–H and O–H groups in total. The Balaban J connectivity index is 2.00. The van der Waals surface area contributed by atoms with Crippen molar-refractivity contribution in [2.45, 2.75) is 283 Å². The lowest BCUT2D eigenvalue weighted by atomic mass is 10.0. The number of hydrogen-bond acceptors (Lipinski definition) is 0. The first-order valence-electron chi connectivity index (χ1n) is 22.0. The van der Waals surface area contributed by atoms with E-state index in [0.29, 0.717) is 0 Å². The molecule has 1 aliphatic rings. The summed E-state index contributed by atoms with van der Waals surface area (Å²) < 4.78 is 0. The lowest BCUT2D eigenvalue weighted by Gasteiger charge is -2.05. The predicted molar refractivity (Wildman–Crippen MR) is 203 cm³/mol. The van der Waals surface area contributed by atoms with E-state index in [-0.39, 0.29) is 0 Å². The molecule has 264 valence electrons. The summed E-state index contributed by atoms with van der Waals surface area (Å²) in [5.41, 5.74) is 0. The fourth-order valence-corrected chi connectivity index (χ4v) is 7.78. The second-order valence-electron chi connectivity index (χ2n) is 15.6. The highest BCUT2D eigenvalue weighted by Gasteiger charge is 1.99. The van der Waals surface area contributed by atoms with E-state index in [1.54, 1.807) is 0 Å². The van der Waals surface area contributed by atoms with Crippen molar-refractivity contribution in [1.82, 2.24) is 0 Å². The van der Waals surface area contributed by atoms with Crippen LogP contribution in [-0.2, 0) is 0 Å². The van der Waals surface area contributed by atoms with Crippen LogP contribution in [0.15, 0.2) is 0 Å². The zero-order chi connectivity index (χ0) is 31.1. The molecule has 0 aliphatic heterocycles. The first kappa shape index (κ1) is 42.0. The van der Waals surface area contributed by atoms with Crippen molar-refractivity contribution in [2.24, 2.45) is 0 Å². The van der Waals surface area contributed by atoms with Crippen molar-refractivity contribution in [1.29, 1.82) is 0 Å². The van der Waals surface area contributed by atoms with Gasteiger partial charge in [-0.1, -0.05) is 283 Å². The lowest BCUT2D eigenvalue weighted by Crippen LogP contribution is -1.85. The van der Waals surface area contributed by atoms with Gasteiger partial charge in [0.25, 0.3) is 0 Å². The first-order chi connectivity index (χ1) is 22.0. The van der Waals surface area contributed by atoms with Gasteiger partial charge in [-0.25, -0.2) is 0 Å². The molecule has 0 saturated heterocycles. The molecule has 1 saturated carbocycles. The Kier molecular flexibility index (Phi) is 37.4. The summed E-state index contributed by atoms with van der Waals surface area (Å²) in [5.74, 6) is 0. The van der Waals surface area contributed by atoms with Crippen LogP contribution in [0.1, 0.15) is 283 Å². The Morgan fingerprint density at radius 1 is 0.0455 bits per heavy atom. The summed E-state index contributed by atoms with van der Waals surface area (Å²) in [6.45, 7) is 0. The molecule has 1 rings (SSSR count). The van der Waals surface area contributed by atoms with E-state index >= 15 is 0 Å². The summed E-state index contributed by atoms with van der Waals surface area (Å²) >= 11 is 0. The van der Waals surface area contributed by atoms with Crippen LogP contribution in [0.25, 0.3) is 0 Å². The van der Waals surface area contributed by atoms with Crippen LogP contribution in [0, 0.1) is 0 Å². The second-order valence-corrected chi connectivity index (χ2v) is 15.6. The van der Waals surface area contributed by atoms with Crippen molar-refractivity contribution in [3.05, 3.63) is 0 Å². The molecular weight excluding hydrogens is 528 g/mol. The number of hydrogen-bond donors (Lipinski definition) is 0. The third-order valence-corrected chi connectivity index (χ3v) is 11.0. The zero-order valence-corrected chi connectivity index (χ0v) is 31.1. The van der Waals surface area contributed by atoms with Crippen LogP contribution in [0.4, 0.5) is 0 Å². The molecule has 1 aliphatic carbocycles. The summed E-state index contributed by atoms with van der Waals surface area (Å²) in [4.78, 5) is 0. The Bertz CT molecular complexity index is 240. The fourth-order valence-electron chi connectivity index (χ4n) is 7.78. The third-order valence-electron chi connectivity index (χ3n) is 11.0. The van der Waals surface area contributed by atoms with Crippen molar-refractivity contribution in [2.75, 3.05) is 0 Å². The van der Waals surface area contributed by atoms with Gasteiger partial charge in [0.2, 0.25) is 0 Å².